The molecule has 1 heterocycles. The Labute approximate surface area is 150 Å². The summed E-state index contributed by atoms with van der Waals surface area (Å²) < 4.78 is 121. The molecule has 0 radical (unpaired) electrons. The SMILES string of the molecule is COC(=O)[O-].C[n+]1cn(C(F)(F)C(F)(F)C(F)(F)C(F)(F)F)c2ccccc21. The number of benzene rings is 1. The van der Waals surface area contributed by atoms with Gasteiger partial charge >= 0.3 is 24.1 Å². The van der Waals surface area contributed by atoms with Crippen molar-refractivity contribution in [3.63, 3.8) is 0 Å². The molecule has 0 atom stereocenters. The Morgan fingerprint density at radius 2 is 1.46 bits per heavy atom. The monoisotopic (exact) mass is 426 g/mol. The number of fused-ring (bicyclic) bond motifs is 1. The van der Waals surface area contributed by atoms with Crippen molar-refractivity contribution in [3.05, 3.63) is 30.6 Å². The Morgan fingerprint density at radius 3 is 1.89 bits per heavy atom. The number of hydrogen-bond acceptors (Lipinski definition) is 3. The van der Waals surface area contributed by atoms with Crippen LogP contribution >= 0.6 is 0 Å². The molecule has 28 heavy (non-hydrogen) atoms. The minimum absolute atomic E-state index is 0.0571. The number of carboxylic acid groups (broad SMARTS) is 1. The number of ether oxygens (including phenoxy) is 1. The van der Waals surface area contributed by atoms with E-state index in [2.05, 4.69) is 4.74 Å². The summed E-state index contributed by atoms with van der Waals surface area (Å²) in [5.41, 5.74) is -0.684. The number of alkyl halides is 9. The smallest absolute Gasteiger partial charge is 0.469 e. The summed E-state index contributed by atoms with van der Waals surface area (Å²) in [4.78, 5) is 9.03. The highest BCUT2D eigenvalue weighted by atomic mass is 19.4. The summed E-state index contributed by atoms with van der Waals surface area (Å²) >= 11 is 0. The molecule has 0 bridgehead atoms. The molecule has 0 N–H and O–H groups in total. The van der Waals surface area contributed by atoms with E-state index >= 15 is 0 Å². The number of aromatic nitrogens is 2. The van der Waals surface area contributed by atoms with Crippen molar-refractivity contribution in [1.29, 1.82) is 0 Å². The first kappa shape index (κ1) is 23.4. The third-order valence-electron chi connectivity index (χ3n) is 3.41. The molecule has 0 aliphatic carbocycles. The Balaban J connectivity index is 0.000000696. The summed E-state index contributed by atoms with van der Waals surface area (Å²) in [6.07, 6.45) is -8.01. The van der Waals surface area contributed by atoms with E-state index in [1.165, 1.54) is 12.1 Å². The largest absolute Gasteiger partial charge is 0.553 e. The van der Waals surface area contributed by atoms with Crippen molar-refractivity contribution in [2.75, 3.05) is 7.11 Å². The molecule has 158 valence electrons. The van der Waals surface area contributed by atoms with Crippen LogP contribution in [0.4, 0.5) is 44.3 Å². The van der Waals surface area contributed by atoms with E-state index in [1.807, 2.05) is 0 Å². The van der Waals surface area contributed by atoms with Crippen LogP contribution in [0.1, 0.15) is 0 Å². The minimum Gasteiger partial charge on any atom is -0.553 e. The zero-order valence-corrected chi connectivity index (χ0v) is 13.9. The Hall–Kier alpha value is -2.67. The fraction of sp³-hybridized carbons (Fsp3) is 0.429. The first-order chi connectivity index (χ1) is 12.5. The first-order valence-electron chi connectivity index (χ1n) is 6.93. The molecule has 0 saturated carbocycles. The van der Waals surface area contributed by atoms with E-state index < -0.39 is 40.3 Å². The molecule has 0 amide bonds. The molecular formula is C14H11F9N2O3. The maximum absolute atomic E-state index is 13.9. The molecule has 0 aliphatic rings. The molecule has 1 aromatic carbocycles. The van der Waals surface area contributed by atoms with Gasteiger partial charge in [-0.15, -0.1) is 0 Å². The quantitative estimate of drug-likeness (QED) is 0.431. The lowest BCUT2D eigenvalue weighted by Gasteiger charge is -2.31. The van der Waals surface area contributed by atoms with Gasteiger partial charge in [-0.2, -0.15) is 44.1 Å². The summed E-state index contributed by atoms with van der Waals surface area (Å²) in [6, 6.07) is -1.22. The molecule has 0 saturated heterocycles. The summed E-state index contributed by atoms with van der Waals surface area (Å²) in [5, 5.41) is 9.03. The summed E-state index contributed by atoms with van der Waals surface area (Å²) in [7, 11) is 2.18. The fourth-order valence-electron chi connectivity index (χ4n) is 2.01. The zero-order valence-electron chi connectivity index (χ0n) is 13.9. The molecule has 0 aliphatic heterocycles. The second-order valence-electron chi connectivity index (χ2n) is 5.23. The topological polar surface area (TPSA) is 58.2 Å². The Kier molecular flexibility index (Phi) is 6.17. The van der Waals surface area contributed by atoms with E-state index in [0.717, 1.165) is 30.9 Å². The van der Waals surface area contributed by atoms with E-state index in [1.54, 1.807) is 0 Å². The Morgan fingerprint density at radius 1 is 1.00 bits per heavy atom. The molecule has 0 fully saturated rings. The maximum atomic E-state index is 13.9. The summed E-state index contributed by atoms with van der Waals surface area (Å²) in [5.74, 6) is -13.6. The third-order valence-corrected chi connectivity index (χ3v) is 3.41. The number of carbonyl (C=O) groups excluding carboxylic acids is 1. The number of aryl methyl sites for hydroxylation is 1. The molecule has 2 rings (SSSR count). The lowest BCUT2D eigenvalue weighted by Crippen LogP contribution is -2.61. The average Bonchev–Trinajstić information content (AvgIpc) is 2.92. The number of hydrogen-bond donors (Lipinski definition) is 0. The lowest BCUT2D eigenvalue weighted by molar-refractivity contribution is -0.647. The first-order valence-corrected chi connectivity index (χ1v) is 6.93. The van der Waals surface area contributed by atoms with Crippen LogP contribution in [0.3, 0.4) is 0 Å². The highest BCUT2D eigenvalue weighted by molar-refractivity contribution is 5.71. The maximum Gasteiger partial charge on any atom is 0.469 e. The van der Waals surface area contributed by atoms with Crippen LogP contribution in [0, 0.1) is 0 Å². The van der Waals surface area contributed by atoms with Crippen molar-refractivity contribution >= 4 is 17.2 Å². The van der Waals surface area contributed by atoms with Gasteiger partial charge in [0.2, 0.25) is 6.33 Å². The van der Waals surface area contributed by atoms with Crippen LogP contribution in [-0.2, 0) is 17.8 Å². The van der Waals surface area contributed by atoms with Gasteiger partial charge in [0.05, 0.1) is 7.05 Å². The molecule has 0 unspecified atom stereocenters. The van der Waals surface area contributed by atoms with Gasteiger partial charge in [0, 0.05) is 7.11 Å². The van der Waals surface area contributed by atoms with Gasteiger partial charge in [0.15, 0.2) is 11.0 Å². The fourth-order valence-corrected chi connectivity index (χ4v) is 2.01. The molecule has 0 spiro atoms. The van der Waals surface area contributed by atoms with Crippen LogP contribution < -0.4 is 9.67 Å². The van der Waals surface area contributed by atoms with Crippen LogP contribution in [-0.4, -0.2) is 35.9 Å². The molecule has 14 heteroatoms. The number of para-hydroxylation sites is 2. The molecular weight excluding hydrogens is 415 g/mol. The minimum atomic E-state index is -6.92. The lowest BCUT2D eigenvalue weighted by atomic mass is 10.1. The standard InChI is InChI=1S/C12H8F9N2.C2H4O3/c1-22-6-23(8-5-3-2-4-7(8)22)12(20,21)10(15,16)9(13,14)11(17,18)19;1-5-2(3)4/h2-6H,1H3;1H3,(H,3,4)/q+1;/p-1. The second kappa shape index (κ2) is 7.39. The van der Waals surface area contributed by atoms with E-state index in [9.17, 15) is 39.5 Å². The predicted molar refractivity (Wildman–Crippen MR) is 71.7 cm³/mol. The highest BCUT2D eigenvalue weighted by Gasteiger charge is 2.84. The van der Waals surface area contributed by atoms with Crippen molar-refractivity contribution in [3.8, 4) is 0 Å². The number of carbonyl (C=O) groups is 1. The van der Waals surface area contributed by atoms with Crippen molar-refractivity contribution in [2.24, 2.45) is 7.05 Å². The normalized spacial score (nSPS) is 13.1. The van der Waals surface area contributed by atoms with E-state index in [0.29, 0.717) is 6.33 Å². The van der Waals surface area contributed by atoms with Crippen LogP contribution in [0.2, 0.25) is 0 Å². The summed E-state index contributed by atoms with van der Waals surface area (Å²) in [6.45, 7) is 0. The van der Waals surface area contributed by atoms with Gasteiger partial charge < -0.3 is 14.6 Å². The number of halogens is 9. The number of rotatable bonds is 3. The van der Waals surface area contributed by atoms with Gasteiger partial charge in [-0.25, -0.2) is 4.57 Å². The molecule has 2 aromatic rings. The third kappa shape index (κ3) is 3.80. The van der Waals surface area contributed by atoms with Crippen molar-refractivity contribution in [2.45, 2.75) is 24.1 Å². The average molecular weight is 426 g/mol. The molecule has 1 aromatic heterocycles. The van der Waals surface area contributed by atoms with Gasteiger partial charge in [0.25, 0.3) is 6.16 Å². The number of imidazole rings is 1. The second-order valence-corrected chi connectivity index (χ2v) is 5.23. The van der Waals surface area contributed by atoms with Gasteiger partial charge in [-0.05, 0) is 12.1 Å². The number of nitrogens with zero attached hydrogens (tertiary/aromatic N) is 2. The van der Waals surface area contributed by atoms with E-state index in [4.69, 9.17) is 9.90 Å². The van der Waals surface area contributed by atoms with Gasteiger partial charge in [0.1, 0.15) is 0 Å². The zero-order chi connectivity index (χ0) is 22.1. The van der Waals surface area contributed by atoms with Crippen molar-refractivity contribution < 1.29 is 58.7 Å². The highest BCUT2D eigenvalue weighted by Crippen LogP contribution is 2.55. The van der Waals surface area contributed by atoms with Gasteiger partial charge in [-0.1, -0.05) is 12.1 Å². The van der Waals surface area contributed by atoms with E-state index in [-0.39, 0.29) is 5.52 Å². The van der Waals surface area contributed by atoms with Crippen LogP contribution in [0.15, 0.2) is 30.6 Å². The van der Waals surface area contributed by atoms with Gasteiger partial charge in [-0.3, -0.25) is 0 Å². The molecule has 5 nitrogen and oxygen atoms in total. The Bertz CT molecular complexity index is 846. The number of methoxy groups -OCH3 is 1. The van der Waals surface area contributed by atoms with Crippen LogP contribution in [0.25, 0.3) is 11.0 Å². The van der Waals surface area contributed by atoms with Crippen molar-refractivity contribution in [1.82, 2.24) is 4.57 Å². The van der Waals surface area contributed by atoms with Crippen LogP contribution in [0.5, 0.6) is 0 Å². The predicted octanol–water partition coefficient (Wildman–Crippen LogP) is 2.82.